The third-order valence-electron chi connectivity index (χ3n) is 1.52. The predicted octanol–water partition coefficient (Wildman–Crippen LogP) is 0.723. The van der Waals surface area contributed by atoms with Crippen LogP contribution in [0, 0.1) is 5.41 Å². The fourth-order valence-electron chi connectivity index (χ4n) is 0.901. The van der Waals surface area contributed by atoms with Gasteiger partial charge in [-0.3, -0.25) is 0 Å². The Balaban J connectivity index is 2.79. The van der Waals surface area contributed by atoms with Crippen LogP contribution in [0.1, 0.15) is 12.5 Å². The van der Waals surface area contributed by atoms with E-state index in [2.05, 4.69) is 0 Å². The van der Waals surface area contributed by atoms with Gasteiger partial charge in [-0.15, -0.1) is 0 Å². The van der Waals surface area contributed by atoms with Gasteiger partial charge in [0.2, 0.25) is 0 Å². The molecule has 0 unspecified atom stereocenters. The van der Waals surface area contributed by atoms with Crippen LogP contribution in [0.3, 0.4) is 0 Å². The molecule has 0 aromatic heterocycles. The maximum absolute atomic E-state index is 10.5. The fourth-order valence-corrected chi connectivity index (χ4v) is 1.47. The van der Waals surface area contributed by atoms with E-state index in [-0.39, 0.29) is 5.90 Å². The second kappa shape index (κ2) is 4.93. The number of hydrogen-bond donors (Lipinski definition) is 1. The molecule has 0 aliphatic carbocycles. The molecule has 1 aromatic carbocycles. The molecular formula is C9H10AsNO2. The summed E-state index contributed by atoms with van der Waals surface area (Å²) in [7, 11) is 0. The molecule has 1 N–H and O–H groups in total. The molecule has 0 spiro atoms. The number of ether oxygens (including phenoxy) is 1. The number of rotatable bonds is 3. The Labute approximate surface area is 83.5 Å². The summed E-state index contributed by atoms with van der Waals surface area (Å²) < 4.78 is 16.4. The van der Waals surface area contributed by atoms with Gasteiger partial charge in [0.25, 0.3) is 0 Å². The topological polar surface area (TPSA) is 50.1 Å². The van der Waals surface area contributed by atoms with Crippen LogP contribution in [0.2, 0.25) is 0 Å². The number of benzene rings is 1. The molecule has 13 heavy (non-hydrogen) atoms. The molecule has 0 saturated heterocycles. The zero-order valence-corrected chi connectivity index (χ0v) is 9.16. The zero-order valence-electron chi connectivity index (χ0n) is 7.28. The Kier molecular flexibility index (Phi) is 3.84. The van der Waals surface area contributed by atoms with Crippen molar-refractivity contribution in [1.29, 1.82) is 5.41 Å². The van der Waals surface area contributed by atoms with Gasteiger partial charge in [0, 0.05) is 0 Å². The van der Waals surface area contributed by atoms with Crippen molar-refractivity contribution >= 4 is 25.9 Å². The summed E-state index contributed by atoms with van der Waals surface area (Å²) in [5.74, 6) is 0.163. The summed E-state index contributed by atoms with van der Waals surface area (Å²) in [6.07, 6.45) is 0. The average Bonchev–Trinajstić information content (AvgIpc) is 2.18. The van der Waals surface area contributed by atoms with E-state index < -0.39 is 15.7 Å². The molecule has 0 radical (unpaired) electrons. The Bertz CT molecular complexity index is 308. The first kappa shape index (κ1) is 10.1. The van der Waals surface area contributed by atoms with Crippen LogP contribution < -0.4 is 4.35 Å². The van der Waals surface area contributed by atoms with E-state index in [0.29, 0.717) is 6.61 Å². The minimum absolute atomic E-state index is 0.163. The summed E-state index contributed by atoms with van der Waals surface area (Å²) in [6, 6.07) is 7.02. The molecule has 0 aliphatic rings. The molecule has 3 nitrogen and oxygen atoms in total. The van der Waals surface area contributed by atoms with Gasteiger partial charge in [-0.05, 0) is 0 Å². The third kappa shape index (κ3) is 2.78. The monoisotopic (exact) mass is 239 g/mol. The molecule has 1 rings (SSSR count). The van der Waals surface area contributed by atoms with Crippen LogP contribution in [-0.2, 0) is 8.48 Å². The molecule has 0 saturated carbocycles. The average molecular weight is 239 g/mol. The van der Waals surface area contributed by atoms with Crippen LogP contribution >= 0.6 is 0 Å². The van der Waals surface area contributed by atoms with E-state index in [9.17, 15) is 3.74 Å². The molecule has 0 aliphatic heterocycles. The van der Waals surface area contributed by atoms with Crippen molar-refractivity contribution in [3.63, 3.8) is 0 Å². The van der Waals surface area contributed by atoms with Gasteiger partial charge in [0.05, 0.1) is 0 Å². The van der Waals surface area contributed by atoms with Gasteiger partial charge >= 0.3 is 83.2 Å². The van der Waals surface area contributed by atoms with Gasteiger partial charge in [0.1, 0.15) is 0 Å². The Morgan fingerprint density at radius 3 is 2.54 bits per heavy atom. The molecule has 68 valence electrons. The first-order valence-corrected chi connectivity index (χ1v) is 5.63. The summed E-state index contributed by atoms with van der Waals surface area (Å²) in [4.78, 5) is 0. The second-order valence-electron chi connectivity index (χ2n) is 2.40. The fraction of sp³-hybridized carbons (Fsp3) is 0.222. The number of nitrogens with one attached hydrogen (secondary N) is 1. The standard InChI is InChI=1S/C9H10AsNO2/c1-2-13-9(11)7-3-5-8(10-12)6-4-7/h3-6,11H,2H2,1H3. The van der Waals surface area contributed by atoms with E-state index >= 15 is 0 Å². The minimum atomic E-state index is -0.964. The van der Waals surface area contributed by atoms with Gasteiger partial charge in [0.15, 0.2) is 0 Å². The van der Waals surface area contributed by atoms with Crippen molar-refractivity contribution in [2.45, 2.75) is 6.92 Å². The van der Waals surface area contributed by atoms with Gasteiger partial charge in [-0.1, -0.05) is 0 Å². The Morgan fingerprint density at radius 1 is 1.46 bits per heavy atom. The van der Waals surface area contributed by atoms with Crippen molar-refractivity contribution in [2.24, 2.45) is 0 Å². The van der Waals surface area contributed by atoms with Crippen molar-refractivity contribution in [3.05, 3.63) is 29.8 Å². The van der Waals surface area contributed by atoms with Crippen molar-refractivity contribution < 1.29 is 8.48 Å². The molecule has 0 atom stereocenters. The molecule has 0 amide bonds. The molecule has 0 fully saturated rings. The third-order valence-corrected chi connectivity index (χ3v) is 2.59. The maximum atomic E-state index is 10.5. The number of hydrogen-bond acceptors (Lipinski definition) is 3. The van der Waals surface area contributed by atoms with E-state index in [0.717, 1.165) is 9.91 Å². The van der Waals surface area contributed by atoms with Gasteiger partial charge in [-0.2, -0.15) is 0 Å². The van der Waals surface area contributed by atoms with Crippen molar-refractivity contribution in [1.82, 2.24) is 0 Å². The van der Waals surface area contributed by atoms with Crippen LogP contribution in [0.4, 0.5) is 0 Å². The van der Waals surface area contributed by atoms with Crippen LogP contribution in [0.5, 0.6) is 0 Å². The first-order chi connectivity index (χ1) is 6.27. The predicted molar refractivity (Wildman–Crippen MR) is 51.0 cm³/mol. The summed E-state index contributed by atoms with van der Waals surface area (Å²) in [5, 5.41) is 7.46. The summed E-state index contributed by atoms with van der Waals surface area (Å²) in [6.45, 7) is 2.33. The van der Waals surface area contributed by atoms with Crippen molar-refractivity contribution in [2.75, 3.05) is 6.61 Å². The molecule has 4 heteroatoms. The van der Waals surface area contributed by atoms with Crippen LogP contribution in [0.25, 0.3) is 0 Å². The Morgan fingerprint density at radius 2 is 2.08 bits per heavy atom. The van der Waals surface area contributed by atoms with E-state index in [1.54, 1.807) is 24.3 Å². The van der Waals surface area contributed by atoms with Gasteiger partial charge < -0.3 is 0 Å². The van der Waals surface area contributed by atoms with Crippen LogP contribution in [-0.4, -0.2) is 28.2 Å². The summed E-state index contributed by atoms with van der Waals surface area (Å²) >= 11 is -0.964. The van der Waals surface area contributed by atoms with Crippen LogP contribution in [0.15, 0.2) is 24.3 Å². The molecule has 0 heterocycles. The van der Waals surface area contributed by atoms with E-state index in [4.69, 9.17) is 10.1 Å². The second-order valence-corrected chi connectivity index (χ2v) is 3.87. The van der Waals surface area contributed by atoms with E-state index in [1.165, 1.54) is 0 Å². The molecule has 0 bridgehead atoms. The normalized spacial score (nSPS) is 9.92. The summed E-state index contributed by atoms with van der Waals surface area (Å²) in [5.41, 5.74) is 0.722. The SMILES string of the molecule is CCOC(=N)c1ccc([As]=O)cc1. The molecular weight excluding hydrogens is 229 g/mol. The van der Waals surface area contributed by atoms with Gasteiger partial charge in [-0.25, -0.2) is 0 Å². The van der Waals surface area contributed by atoms with Crippen molar-refractivity contribution in [3.8, 4) is 0 Å². The zero-order chi connectivity index (χ0) is 9.68. The first-order valence-electron chi connectivity index (χ1n) is 3.93. The Hall–Kier alpha value is -0.952. The quantitative estimate of drug-likeness (QED) is 0.480. The van der Waals surface area contributed by atoms with E-state index in [1.807, 2.05) is 6.92 Å². The molecule has 1 aromatic rings.